The van der Waals surface area contributed by atoms with Crippen LogP contribution in [-0.2, 0) is 22.5 Å². The van der Waals surface area contributed by atoms with E-state index in [0.717, 1.165) is 61.8 Å². The Hall–Kier alpha value is -3.40. The molecule has 188 valence electrons. The molecule has 1 fully saturated rings. The van der Waals surface area contributed by atoms with E-state index in [1.165, 1.54) is 5.56 Å². The molecule has 1 amide bonds. The first kappa shape index (κ1) is 24.3. The lowest BCUT2D eigenvalue weighted by molar-refractivity contribution is -0.123. The quantitative estimate of drug-likeness (QED) is 0.582. The van der Waals surface area contributed by atoms with Gasteiger partial charge in [0.25, 0.3) is 0 Å². The van der Waals surface area contributed by atoms with E-state index >= 15 is 0 Å². The number of ether oxygens (including phenoxy) is 1. The van der Waals surface area contributed by atoms with Gasteiger partial charge >= 0.3 is 0 Å². The van der Waals surface area contributed by atoms with E-state index in [2.05, 4.69) is 48.6 Å². The highest BCUT2D eigenvalue weighted by Crippen LogP contribution is 2.21. The topological polar surface area (TPSA) is 95.5 Å². The van der Waals surface area contributed by atoms with Crippen LogP contribution in [-0.4, -0.2) is 83.1 Å². The first-order valence-corrected chi connectivity index (χ1v) is 12.5. The summed E-state index contributed by atoms with van der Waals surface area (Å²) in [5.74, 6) is 0.606. The fourth-order valence-corrected chi connectivity index (χ4v) is 4.73. The molecular formula is C27H33N7O2. The average Bonchev–Trinajstić information content (AvgIpc) is 2.89. The minimum Gasteiger partial charge on any atom is -0.385 e. The summed E-state index contributed by atoms with van der Waals surface area (Å²) in [5, 5.41) is 6.57. The van der Waals surface area contributed by atoms with Crippen LogP contribution in [0.15, 0.2) is 54.9 Å². The highest BCUT2D eigenvalue weighted by atomic mass is 16.5. The number of piperazine rings is 1. The van der Waals surface area contributed by atoms with Gasteiger partial charge in [0.05, 0.1) is 12.2 Å². The summed E-state index contributed by atoms with van der Waals surface area (Å²) in [6, 6.07) is 14.2. The molecule has 9 nitrogen and oxygen atoms in total. The maximum atomic E-state index is 12.9. The van der Waals surface area contributed by atoms with E-state index in [9.17, 15) is 4.79 Å². The monoisotopic (exact) mass is 487 g/mol. The van der Waals surface area contributed by atoms with Gasteiger partial charge in [0, 0.05) is 88.2 Å². The van der Waals surface area contributed by atoms with Gasteiger partial charge < -0.3 is 15.4 Å². The lowest BCUT2D eigenvalue weighted by atomic mass is 10.1. The molecule has 36 heavy (non-hydrogen) atoms. The zero-order valence-electron chi connectivity index (χ0n) is 20.7. The van der Waals surface area contributed by atoms with Crippen molar-refractivity contribution in [1.82, 2.24) is 30.1 Å². The van der Waals surface area contributed by atoms with Gasteiger partial charge in [0.2, 0.25) is 11.9 Å². The molecule has 2 aromatic heterocycles. The molecule has 8 rings (SSSR count). The Morgan fingerprint density at radius 3 is 2.64 bits per heavy atom. The number of benzene rings is 1. The minimum absolute atomic E-state index is 0.0349. The number of methoxy groups -OCH3 is 1. The summed E-state index contributed by atoms with van der Waals surface area (Å²) in [6.07, 6.45) is 4.97. The van der Waals surface area contributed by atoms with Crippen molar-refractivity contribution in [2.24, 2.45) is 0 Å². The SMILES string of the molecule is COCCC1Cc2ccc(cn2)-c2ccnc(n2)Nc2cccc(c2)CN2CCN(CC2)CC(=O)N1. The normalized spacial score (nSPS) is 22.4. The molecule has 7 heterocycles. The number of hydrogen-bond acceptors (Lipinski definition) is 8. The number of carbonyl (C=O) groups excluding carboxylic acids is 1. The summed E-state index contributed by atoms with van der Waals surface area (Å²) < 4.78 is 5.29. The minimum atomic E-state index is -0.0349. The first-order chi connectivity index (χ1) is 17.6. The molecule has 1 aromatic carbocycles. The largest absolute Gasteiger partial charge is 0.385 e. The number of nitrogens with one attached hydrogen (secondary N) is 2. The van der Waals surface area contributed by atoms with Gasteiger partial charge in [-0.3, -0.25) is 19.6 Å². The summed E-state index contributed by atoms with van der Waals surface area (Å²) in [5.41, 5.74) is 4.83. The van der Waals surface area contributed by atoms with Crippen LogP contribution in [0.4, 0.5) is 11.6 Å². The molecule has 3 aromatic rings. The molecule has 9 heteroatoms. The van der Waals surface area contributed by atoms with Gasteiger partial charge in [0.15, 0.2) is 0 Å². The summed E-state index contributed by atoms with van der Waals surface area (Å²) in [6.45, 7) is 5.47. The van der Waals surface area contributed by atoms with Crippen molar-refractivity contribution in [2.75, 3.05) is 51.8 Å². The Morgan fingerprint density at radius 2 is 1.86 bits per heavy atom. The maximum absolute atomic E-state index is 12.9. The maximum Gasteiger partial charge on any atom is 0.234 e. The van der Waals surface area contributed by atoms with Crippen molar-refractivity contribution in [1.29, 1.82) is 0 Å². The highest BCUT2D eigenvalue weighted by Gasteiger charge is 2.21. The Kier molecular flexibility index (Phi) is 7.80. The lowest BCUT2D eigenvalue weighted by Crippen LogP contribution is -2.50. The van der Waals surface area contributed by atoms with Crippen molar-refractivity contribution in [3.63, 3.8) is 0 Å². The van der Waals surface area contributed by atoms with Crippen molar-refractivity contribution in [3.05, 3.63) is 66.1 Å². The Bertz CT molecular complexity index is 1160. The van der Waals surface area contributed by atoms with Crippen LogP contribution in [0.2, 0.25) is 0 Å². The number of amides is 1. The number of rotatable bonds is 3. The fraction of sp³-hybridized carbons (Fsp3) is 0.407. The third-order valence-corrected chi connectivity index (χ3v) is 6.69. The Balaban J connectivity index is 1.42. The van der Waals surface area contributed by atoms with Gasteiger partial charge in [0.1, 0.15) is 0 Å². The van der Waals surface area contributed by atoms with Crippen LogP contribution < -0.4 is 10.6 Å². The molecule has 5 aliphatic rings. The molecule has 8 bridgehead atoms. The highest BCUT2D eigenvalue weighted by molar-refractivity contribution is 5.78. The van der Waals surface area contributed by atoms with E-state index in [4.69, 9.17) is 9.72 Å². The number of carbonyl (C=O) groups is 1. The van der Waals surface area contributed by atoms with Crippen LogP contribution in [0, 0.1) is 0 Å². The Labute approximate surface area is 211 Å². The van der Waals surface area contributed by atoms with Gasteiger partial charge in [-0.1, -0.05) is 12.1 Å². The number of pyridine rings is 1. The van der Waals surface area contributed by atoms with Crippen LogP contribution in [0.5, 0.6) is 0 Å². The molecule has 1 atom stereocenters. The molecule has 0 saturated carbocycles. The van der Waals surface area contributed by atoms with Gasteiger partial charge in [-0.15, -0.1) is 0 Å². The van der Waals surface area contributed by atoms with Crippen LogP contribution >= 0.6 is 0 Å². The number of nitrogens with zero attached hydrogens (tertiary/aromatic N) is 5. The van der Waals surface area contributed by atoms with Crippen LogP contribution in [0.3, 0.4) is 0 Å². The predicted molar refractivity (Wildman–Crippen MR) is 139 cm³/mol. The number of aromatic nitrogens is 3. The van der Waals surface area contributed by atoms with Gasteiger partial charge in [-0.25, -0.2) is 9.97 Å². The summed E-state index contributed by atoms with van der Waals surface area (Å²) in [7, 11) is 1.68. The standard InChI is InChI=1S/C27H33N7O2/c1-36-14-8-24-16-22-6-5-21(17-29-22)25-7-9-28-27(32-25)31-23-4-2-3-20(15-23)18-33-10-12-34(13-11-33)19-26(35)30-24/h2-7,9,15,17,24H,8,10-14,16,18-19H2,1H3,(H,30,35)(H,28,31,32). The average molecular weight is 488 g/mol. The van der Waals surface area contributed by atoms with Crippen molar-refractivity contribution in [2.45, 2.75) is 25.4 Å². The zero-order chi connectivity index (χ0) is 24.7. The molecule has 0 aliphatic carbocycles. The number of anilines is 2. The van der Waals surface area contributed by atoms with Crippen molar-refractivity contribution >= 4 is 17.5 Å². The van der Waals surface area contributed by atoms with Crippen LogP contribution in [0.25, 0.3) is 11.3 Å². The van der Waals surface area contributed by atoms with E-state index < -0.39 is 0 Å². The second-order valence-corrected chi connectivity index (χ2v) is 9.43. The molecular weight excluding hydrogens is 454 g/mol. The molecule has 1 saturated heterocycles. The van der Waals surface area contributed by atoms with Gasteiger partial charge in [-0.2, -0.15) is 0 Å². The Morgan fingerprint density at radius 1 is 1.03 bits per heavy atom. The third kappa shape index (κ3) is 6.42. The first-order valence-electron chi connectivity index (χ1n) is 12.5. The van der Waals surface area contributed by atoms with E-state index in [-0.39, 0.29) is 11.9 Å². The second-order valence-electron chi connectivity index (χ2n) is 9.43. The molecule has 0 radical (unpaired) electrons. The van der Waals surface area contributed by atoms with E-state index in [1.807, 2.05) is 30.5 Å². The van der Waals surface area contributed by atoms with Gasteiger partial charge in [-0.05, 0) is 42.3 Å². The molecule has 0 spiro atoms. The molecule has 2 N–H and O–H groups in total. The molecule has 5 aliphatic heterocycles. The zero-order valence-corrected chi connectivity index (χ0v) is 20.7. The van der Waals surface area contributed by atoms with Crippen LogP contribution in [0.1, 0.15) is 17.7 Å². The van der Waals surface area contributed by atoms with Crippen molar-refractivity contribution < 1.29 is 9.53 Å². The summed E-state index contributed by atoms with van der Waals surface area (Å²) in [4.78, 5) is 31.3. The molecule has 1 unspecified atom stereocenters. The fourth-order valence-electron chi connectivity index (χ4n) is 4.73. The smallest absolute Gasteiger partial charge is 0.234 e. The summed E-state index contributed by atoms with van der Waals surface area (Å²) >= 11 is 0. The predicted octanol–water partition coefficient (Wildman–Crippen LogP) is 2.48. The van der Waals surface area contributed by atoms with E-state index in [1.54, 1.807) is 13.3 Å². The van der Waals surface area contributed by atoms with Crippen molar-refractivity contribution in [3.8, 4) is 11.3 Å². The third-order valence-electron chi connectivity index (χ3n) is 6.69. The lowest BCUT2D eigenvalue weighted by Gasteiger charge is -2.34. The number of hydrogen-bond donors (Lipinski definition) is 2. The second kappa shape index (κ2) is 11.6. The van der Waals surface area contributed by atoms with E-state index in [0.29, 0.717) is 25.5 Å².